The van der Waals surface area contributed by atoms with Gasteiger partial charge in [0.05, 0.1) is 21.5 Å². The minimum Gasteiger partial charge on any atom is -0.507 e. The Hall–Kier alpha value is -3.27. The van der Waals surface area contributed by atoms with E-state index in [4.69, 9.17) is 27.9 Å². The van der Waals surface area contributed by atoms with Gasteiger partial charge in [0.15, 0.2) is 5.75 Å². The third-order valence-corrected chi connectivity index (χ3v) is 6.57. The Balaban J connectivity index is 1.89. The van der Waals surface area contributed by atoms with Crippen LogP contribution in [0.25, 0.3) is 0 Å². The number of nitrogens with one attached hydrogen (secondary N) is 1. The van der Waals surface area contributed by atoms with E-state index in [1.165, 1.54) is 36.4 Å². The van der Waals surface area contributed by atoms with E-state index < -0.39 is 27.5 Å². The van der Waals surface area contributed by atoms with Crippen LogP contribution in [0.2, 0.25) is 10.0 Å². The molecule has 33 heavy (non-hydrogen) atoms. The van der Waals surface area contributed by atoms with Gasteiger partial charge in [0.2, 0.25) is 9.84 Å². The zero-order valence-corrected chi connectivity index (χ0v) is 19.4. The van der Waals surface area contributed by atoms with Crippen molar-refractivity contribution < 1.29 is 32.6 Å². The van der Waals surface area contributed by atoms with Gasteiger partial charge in [-0.05, 0) is 43.3 Å². The lowest BCUT2D eigenvalue weighted by molar-refractivity contribution is -0.152. The molecule has 0 aliphatic carbocycles. The van der Waals surface area contributed by atoms with Crippen LogP contribution >= 0.6 is 23.2 Å². The van der Waals surface area contributed by atoms with Gasteiger partial charge < -0.3 is 19.9 Å². The third kappa shape index (κ3) is 5.57. The largest absolute Gasteiger partial charge is 0.507 e. The highest BCUT2D eigenvalue weighted by atomic mass is 35.5. The number of hydrogen-bond acceptors (Lipinski definition) is 7. The summed E-state index contributed by atoms with van der Waals surface area (Å²) in [6.45, 7) is 1.60. The number of aromatic hydroxyl groups is 1. The van der Waals surface area contributed by atoms with Crippen molar-refractivity contribution in [2.75, 3.05) is 11.9 Å². The number of hydrogen-bond donors (Lipinski definition) is 2. The maximum absolute atomic E-state index is 12.9. The quantitative estimate of drug-likeness (QED) is 0.360. The van der Waals surface area contributed by atoms with E-state index in [1.807, 2.05) is 0 Å². The topological polar surface area (TPSA) is 119 Å². The van der Waals surface area contributed by atoms with Crippen LogP contribution in [0.15, 0.2) is 70.5 Å². The highest BCUT2D eigenvalue weighted by Gasteiger charge is 2.23. The summed E-state index contributed by atoms with van der Waals surface area (Å²) in [6, 6.07) is 13.8. The number of esters is 1. The number of carbonyl (C=O) groups excluding carboxylic acids is 2. The van der Waals surface area contributed by atoms with Gasteiger partial charge in [0.25, 0.3) is 0 Å². The molecule has 172 valence electrons. The van der Waals surface area contributed by atoms with E-state index in [9.17, 15) is 23.1 Å². The fourth-order valence-corrected chi connectivity index (χ4v) is 4.67. The van der Waals surface area contributed by atoms with Gasteiger partial charge in [0.1, 0.15) is 16.4 Å². The summed E-state index contributed by atoms with van der Waals surface area (Å²) in [5, 5.41) is 12.4. The average molecular weight is 510 g/mol. The van der Waals surface area contributed by atoms with Gasteiger partial charge in [-0.25, -0.2) is 13.2 Å². The lowest BCUT2D eigenvalue weighted by Gasteiger charge is -2.14. The van der Waals surface area contributed by atoms with E-state index in [0.29, 0.717) is 0 Å². The number of benzene rings is 3. The van der Waals surface area contributed by atoms with Crippen molar-refractivity contribution in [1.82, 2.24) is 0 Å². The zero-order chi connectivity index (χ0) is 24.2. The summed E-state index contributed by atoms with van der Waals surface area (Å²) in [5.74, 6) is -2.52. The maximum Gasteiger partial charge on any atom is 0.397 e. The van der Waals surface area contributed by atoms with Crippen LogP contribution in [0.1, 0.15) is 6.92 Å². The number of phenolic OH excluding ortho intramolecular Hbond substituents is 1. The number of carbonyl (C=O) groups is 2. The summed E-state index contributed by atoms with van der Waals surface area (Å²) < 4.78 is 36.1. The minimum atomic E-state index is -4.03. The smallest absolute Gasteiger partial charge is 0.397 e. The first-order valence-electron chi connectivity index (χ1n) is 9.41. The molecule has 0 aliphatic heterocycles. The summed E-state index contributed by atoms with van der Waals surface area (Å²) in [5.41, 5.74) is 0.119. The average Bonchev–Trinajstić information content (AvgIpc) is 2.78. The summed E-state index contributed by atoms with van der Waals surface area (Å²) in [7, 11) is -4.03. The van der Waals surface area contributed by atoms with Gasteiger partial charge in [-0.3, -0.25) is 4.79 Å². The van der Waals surface area contributed by atoms with Gasteiger partial charge >= 0.3 is 11.9 Å². The number of rotatable bonds is 6. The van der Waals surface area contributed by atoms with Crippen molar-refractivity contribution in [2.45, 2.75) is 16.7 Å². The molecule has 8 nitrogen and oxygen atoms in total. The standard InChI is InChI=1S/C22H17Cl2NO7S/c1-2-31-22(28)21(27)25-13-10-16(23)20(17(24)11-13)32-14-8-9-18(26)19(12-14)33(29,30)15-6-4-3-5-7-15/h3-12,26H,2H2,1H3,(H,25,27). The Morgan fingerprint density at radius 3 is 2.24 bits per heavy atom. The molecule has 3 rings (SSSR count). The molecule has 0 aliphatic rings. The molecular formula is C22H17Cl2NO7S. The van der Waals surface area contributed by atoms with Gasteiger partial charge in [-0.15, -0.1) is 0 Å². The second-order valence-electron chi connectivity index (χ2n) is 6.49. The molecule has 0 heterocycles. The van der Waals surface area contributed by atoms with Gasteiger partial charge in [-0.1, -0.05) is 41.4 Å². The number of amides is 1. The molecule has 0 radical (unpaired) electrons. The molecule has 0 saturated heterocycles. The van der Waals surface area contributed by atoms with Crippen molar-refractivity contribution in [3.63, 3.8) is 0 Å². The number of ether oxygens (including phenoxy) is 2. The molecule has 0 aromatic heterocycles. The Morgan fingerprint density at radius 2 is 1.64 bits per heavy atom. The molecular weight excluding hydrogens is 493 g/mol. The van der Waals surface area contributed by atoms with Crippen molar-refractivity contribution in [3.8, 4) is 17.2 Å². The van der Waals surface area contributed by atoms with E-state index in [1.54, 1.807) is 25.1 Å². The molecule has 1 amide bonds. The highest BCUT2D eigenvalue weighted by molar-refractivity contribution is 7.91. The first kappa shape index (κ1) is 24.4. The number of sulfone groups is 1. The van der Waals surface area contributed by atoms with Gasteiger partial charge in [-0.2, -0.15) is 0 Å². The van der Waals surface area contributed by atoms with E-state index >= 15 is 0 Å². The van der Waals surface area contributed by atoms with Crippen molar-refractivity contribution in [2.24, 2.45) is 0 Å². The Bertz CT molecular complexity index is 1290. The Morgan fingerprint density at radius 1 is 1.00 bits per heavy atom. The number of halogens is 2. The monoisotopic (exact) mass is 509 g/mol. The molecule has 0 atom stereocenters. The van der Waals surface area contributed by atoms with Crippen LogP contribution in [0.5, 0.6) is 17.2 Å². The second kappa shape index (κ2) is 10.1. The molecule has 0 bridgehead atoms. The Labute approximate surface area is 199 Å². The third-order valence-electron chi connectivity index (χ3n) is 4.21. The fraction of sp³-hybridized carbons (Fsp3) is 0.0909. The second-order valence-corrected chi connectivity index (χ2v) is 9.22. The van der Waals surface area contributed by atoms with E-state index in [0.717, 1.165) is 6.07 Å². The zero-order valence-electron chi connectivity index (χ0n) is 17.0. The lowest BCUT2D eigenvalue weighted by Crippen LogP contribution is -2.24. The molecule has 2 N–H and O–H groups in total. The number of anilines is 1. The first-order chi connectivity index (χ1) is 15.6. The summed E-state index contributed by atoms with van der Waals surface area (Å²) in [4.78, 5) is 22.9. The molecule has 11 heteroatoms. The summed E-state index contributed by atoms with van der Waals surface area (Å²) in [6.07, 6.45) is 0. The first-order valence-corrected chi connectivity index (χ1v) is 11.7. The maximum atomic E-state index is 12.9. The predicted octanol–water partition coefficient (Wildman–Crippen LogP) is 4.83. The Kier molecular flexibility index (Phi) is 7.47. The molecule has 0 saturated carbocycles. The molecule has 0 fully saturated rings. The fourth-order valence-electron chi connectivity index (χ4n) is 2.73. The van der Waals surface area contributed by atoms with Crippen molar-refractivity contribution in [3.05, 3.63) is 70.7 Å². The van der Waals surface area contributed by atoms with Crippen molar-refractivity contribution >= 4 is 50.6 Å². The summed E-state index contributed by atoms with van der Waals surface area (Å²) >= 11 is 12.4. The lowest BCUT2D eigenvalue weighted by atomic mass is 10.2. The van der Waals surface area contributed by atoms with Crippen LogP contribution in [0, 0.1) is 0 Å². The molecule has 0 spiro atoms. The minimum absolute atomic E-state index is 0.00444. The van der Waals surface area contributed by atoms with Crippen molar-refractivity contribution in [1.29, 1.82) is 0 Å². The number of phenols is 1. The molecule has 3 aromatic carbocycles. The highest BCUT2D eigenvalue weighted by Crippen LogP contribution is 2.40. The van der Waals surface area contributed by atoms with Crippen LogP contribution in [0.4, 0.5) is 5.69 Å². The van der Waals surface area contributed by atoms with Crippen LogP contribution < -0.4 is 10.1 Å². The van der Waals surface area contributed by atoms with Crippen LogP contribution in [-0.2, 0) is 24.2 Å². The molecule has 3 aromatic rings. The van der Waals surface area contributed by atoms with Crippen LogP contribution in [0.3, 0.4) is 0 Å². The van der Waals surface area contributed by atoms with E-state index in [-0.39, 0.29) is 43.6 Å². The van der Waals surface area contributed by atoms with Crippen LogP contribution in [-0.4, -0.2) is 32.0 Å². The van der Waals surface area contributed by atoms with Gasteiger partial charge in [0, 0.05) is 11.8 Å². The SMILES string of the molecule is CCOC(=O)C(=O)Nc1cc(Cl)c(Oc2ccc(O)c(S(=O)(=O)c3ccccc3)c2)c(Cl)c1. The van der Waals surface area contributed by atoms with E-state index in [2.05, 4.69) is 10.1 Å². The molecule has 0 unspecified atom stereocenters. The predicted molar refractivity (Wildman–Crippen MR) is 122 cm³/mol. The normalized spacial score (nSPS) is 11.0.